The molecule has 0 aliphatic carbocycles. The Kier molecular flexibility index (Phi) is 3.61. The fourth-order valence-corrected chi connectivity index (χ4v) is 3.43. The molecule has 118 valence electrons. The van der Waals surface area contributed by atoms with Crippen molar-refractivity contribution >= 4 is 17.3 Å². The van der Waals surface area contributed by atoms with Crippen LogP contribution in [-0.2, 0) is 6.42 Å². The first-order chi connectivity index (χ1) is 11.3. The minimum Gasteiger partial charge on any atom is -0.371 e. The second-order valence-electron chi connectivity index (χ2n) is 6.28. The number of nitrogens with two attached hydrogens (primary N) is 1. The maximum atomic E-state index is 5.65. The van der Waals surface area contributed by atoms with Gasteiger partial charge in [-0.1, -0.05) is 30.3 Å². The summed E-state index contributed by atoms with van der Waals surface area (Å²) in [6.07, 6.45) is 5.59. The standard InChI is InChI=1S/C18H21N5/c19-18-20-17-13-16(8-11-23(17)21-18)22-9-6-15(7-10-22)12-14-4-2-1-3-5-14/h1-5,8,11,13,15H,6-7,9-10,12H2,(H2,19,21). The Balaban J connectivity index is 1.42. The van der Waals surface area contributed by atoms with Gasteiger partial charge in [0.2, 0.25) is 5.95 Å². The molecule has 2 N–H and O–H groups in total. The Morgan fingerprint density at radius 2 is 1.87 bits per heavy atom. The quantitative estimate of drug-likeness (QED) is 0.808. The molecule has 0 bridgehead atoms. The van der Waals surface area contributed by atoms with Crippen LogP contribution in [0.25, 0.3) is 5.65 Å². The van der Waals surface area contributed by atoms with Gasteiger partial charge in [-0.05, 0) is 36.8 Å². The van der Waals surface area contributed by atoms with Crippen LogP contribution in [0.3, 0.4) is 0 Å². The molecule has 3 heterocycles. The third-order valence-electron chi connectivity index (χ3n) is 4.68. The lowest BCUT2D eigenvalue weighted by Crippen LogP contribution is -2.34. The van der Waals surface area contributed by atoms with Gasteiger partial charge >= 0.3 is 0 Å². The highest BCUT2D eigenvalue weighted by molar-refractivity contribution is 5.57. The zero-order valence-electron chi connectivity index (χ0n) is 13.1. The molecule has 2 aromatic heterocycles. The van der Waals surface area contributed by atoms with Gasteiger partial charge in [-0.2, -0.15) is 4.98 Å². The summed E-state index contributed by atoms with van der Waals surface area (Å²) < 4.78 is 1.72. The van der Waals surface area contributed by atoms with Gasteiger partial charge in [-0.25, -0.2) is 4.52 Å². The number of piperidine rings is 1. The number of hydrogen-bond donors (Lipinski definition) is 1. The molecular weight excluding hydrogens is 286 g/mol. The largest absolute Gasteiger partial charge is 0.371 e. The van der Waals surface area contributed by atoms with Gasteiger partial charge in [0, 0.05) is 31.0 Å². The number of nitrogens with zero attached hydrogens (tertiary/aromatic N) is 4. The topological polar surface area (TPSA) is 59.5 Å². The SMILES string of the molecule is Nc1nc2cc(N3CCC(Cc4ccccc4)CC3)ccn2n1. The van der Waals surface area contributed by atoms with Gasteiger partial charge in [-0.15, -0.1) is 5.10 Å². The van der Waals surface area contributed by atoms with Crippen molar-refractivity contribution < 1.29 is 0 Å². The van der Waals surface area contributed by atoms with E-state index in [9.17, 15) is 0 Å². The Hall–Kier alpha value is -2.56. The van der Waals surface area contributed by atoms with E-state index in [2.05, 4.69) is 57.4 Å². The molecule has 0 amide bonds. The zero-order chi connectivity index (χ0) is 15.6. The fourth-order valence-electron chi connectivity index (χ4n) is 3.43. The van der Waals surface area contributed by atoms with E-state index in [1.165, 1.54) is 30.5 Å². The highest BCUT2D eigenvalue weighted by atomic mass is 15.3. The molecule has 0 saturated carbocycles. The Morgan fingerprint density at radius 1 is 1.09 bits per heavy atom. The third kappa shape index (κ3) is 2.99. The lowest BCUT2D eigenvalue weighted by atomic mass is 9.90. The normalized spacial score (nSPS) is 16.1. The monoisotopic (exact) mass is 307 g/mol. The molecular formula is C18H21N5. The average molecular weight is 307 g/mol. The zero-order valence-corrected chi connectivity index (χ0v) is 13.1. The first kappa shape index (κ1) is 14.1. The van der Waals surface area contributed by atoms with Crippen LogP contribution in [0.5, 0.6) is 0 Å². The summed E-state index contributed by atoms with van der Waals surface area (Å²) in [6.45, 7) is 2.19. The number of hydrogen-bond acceptors (Lipinski definition) is 4. The molecule has 23 heavy (non-hydrogen) atoms. The molecule has 1 saturated heterocycles. The van der Waals surface area contributed by atoms with Crippen LogP contribution in [0.15, 0.2) is 48.7 Å². The van der Waals surface area contributed by atoms with Crippen molar-refractivity contribution in [2.75, 3.05) is 23.7 Å². The lowest BCUT2D eigenvalue weighted by Gasteiger charge is -2.33. The van der Waals surface area contributed by atoms with Crippen LogP contribution in [0.2, 0.25) is 0 Å². The molecule has 0 unspecified atom stereocenters. The number of fused-ring (bicyclic) bond motifs is 1. The van der Waals surface area contributed by atoms with Crippen molar-refractivity contribution in [3.63, 3.8) is 0 Å². The summed E-state index contributed by atoms with van der Waals surface area (Å²) in [7, 11) is 0. The summed E-state index contributed by atoms with van der Waals surface area (Å²) in [5.74, 6) is 1.10. The van der Waals surface area contributed by atoms with E-state index in [0.717, 1.165) is 24.7 Å². The highest BCUT2D eigenvalue weighted by Crippen LogP contribution is 2.26. The molecule has 4 rings (SSSR count). The van der Waals surface area contributed by atoms with Crippen LogP contribution in [0.1, 0.15) is 18.4 Å². The van der Waals surface area contributed by atoms with Crippen LogP contribution < -0.4 is 10.6 Å². The summed E-state index contributed by atoms with van der Waals surface area (Å²) >= 11 is 0. The number of rotatable bonds is 3. The van der Waals surface area contributed by atoms with E-state index < -0.39 is 0 Å². The van der Waals surface area contributed by atoms with Crippen molar-refractivity contribution in [2.45, 2.75) is 19.3 Å². The Bertz CT molecular complexity index is 788. The lowest BCUT2D eigenvalue weighted by molar-refractivity contribution is 0.403. The molecule has 1 aliphatic heterocycles. The van der Waals surface area contributed by atoms with Gasteiger partial charge in [0.05, 0.1) is 0 Å². The number of anilines is 2. The van der Waals surface area contributed by atoms with Crippen molar-refractivity contribution in [1.82, 2.24) is 14.6 Å². The summed E-state index contributed by atoms with van der Waals surface area (Å²) in [6, 6.07) is 15.0. The van der Waals surface area contributed by atoms with Gasteiger partial charge in [0.15, 0.2) is 5.65 Å². The van der Waals surface area contributed by atoms with Crippen molar-refractivity contribution in [2.24, 2.45) is 5.92 Å². The van der Waals surface area contributed by atoms with Crippen LogP contribution in [0, 0.1) is 5.92 Å². The van der Waals surface area contributed by atoms with Crippen LogP contribution in [0.4, 0.5) is 11.6 Å². The van der Waals surface area contributed by atoms with Crippen molar-refractivity contribution in [3.05, 3.63) is 54.2 Å². The predicted octanol–water partition coefficient (Wildman–Crippen LogP) is 2.77. The molecule has 5 nitrogen and oxygen atoms in total. The number of benzene rings is 1. The number of pyridine rings is 1. The van der Waals surface area contributed by atoms with E-state index in [1.54, 1.807) is 4.52 Å². The Morgan fingerprint density at radius 3 is 2.65 bits per heavy atom. The number of nitrogen functional groups attached to an aromatic ring is 1. The number of aromatic nitrogens is 3. The van der Waals surface area contributed by atoms with E-state index in [1.807, 2.05) is 6.20 Å². The van der Waals surface area contributed by atoms with Gasteiger partial charge in [0.25, 0.3) is 0 Å². The highest BCUT2D eigenvalue weighted by Gasteiger charge is 2.20. The van der Waals surface area contributed by atoms with Gasteiger partial charge in [0.1, 0.15) is 0 Å². The van der Waals surface area contributed by atoms with Crippen LogP contribution >= 0.6 is 0 Å². The maximum absolute atomic E-state index is 5.65. The van der Waals surface area contributed by atoms with E-state index in [0.29, 0.717) is 5.95 Å². The summed E-state index contributed by atoms with van der Waals surface area (Å²) in [5, 5.41) is 4.12. The minimum atomic E-state index is 0.323. The van der Waals surface area contributed by atoms with Crippen molar-refractivity contribution in [3.8, 4) is 0 Å². The smallest absolute Gasteiger partial charge is 0.240 e. The Labute approximate surface area is 135 Å². The molecule has 0 radical (unpaired) electrons. The van der Waals surface area contributed by atoms with Gasteiger partial charge in [-0.3, -0.25) is 0 Å². The second kappa shape index (κ2) is 5.91. The summed E-state index contributed by atoms with van der Waals surface area (Å²) in [4.78, 5) is 6.68. The molecule has 0 atom stereocenters. The van der Waals surface area contributed by atoms with Crippen LogP contribution in [-0.4, -0.2) is 27.7 Å². The van der Waals surface area contributed by atoms with E-state index in [4.69, 9.17) is 5.73 Å². The molecule has 5 heteroatoms. The molecule has 0 spiro atoms. The molecule has 1 aromatic carbocycles. The molecule has 1 fully saturated rings. The minimum absolute atomic E-state index is 0.323. The van der Waals surface area contributed by atoms with E-state index in [-0.39, 0.29) is 0 Å². The molecule has 1 aliphatic rings. The maximum Gasteiger partial charge on any atom is 0.240 e. The summed E-state index contributed by atoms with van der Waals surface area (Å²) in [5.41, 5.74) is 9.13. The first-order valence-corrected chi connectivity index (χ1v) is 8.19. The first-order valence-electron chi connectivity index (χ1n) is 8.19. The van der Waals surface area contributed by atoms with E-state index >= 15 is 0 Å². The third-order valence-corrected chi connectivity index (χ3v) is 4.68. The van der Waals surface area contributed by atoms with Crippen molar-refractivity contribution in [1.29, 1.82) is 0 Å². The molecule has 3 aromatic rings. The predicted molar refractivity (Wildman–Crippen MR) is 92.5 cm³/mol. The van der Waals surface area contributed by atoms with Gasteiger partial charge < -0.3 is 10.6 Å². The average Bonchev–Trinajstić information content (AvgIpc) is 2.95. The second-order valence-corrected chi connectivity index (χ2v) is 6.28. The fraction of sp³-hybridized carbons (Fsp3) is 0.333.